The quantitative estimate of drug-likeness (QED) is 0.735. The zero-order valence-corrected chi connectivity index (χ0v) is 12.5. The minimum absolute atomic E-state index is 0.0129. The lowest BCUT2D eigenvalue weighted by Gasteiger charge is -2.35. The Hall–Kier alpha value is -1.51. The summed E-state index contributed by atoms with van der Waals surface area (Å²) < 4.78 is 7.37. The van der Waals surface area contributed by atoms with Crippen LogP contribution in [0.2, 0.25) is 0 Å². The van der Waals surface area contributed by atoms with Gasteiger partial charge in [-0.25, -0.2) is 9.48 Å². The van der Waals surface area contributed by atoms with E-state index < -0.39 is 5.97 Å². The molecule has 1 atom stereocenters. The molecule has 1 aromatic rings. The third kappa shape index (κ3) is 3.78. The molecule has 0 saturated carbocycles. The molecule has 2 rings (SSSR count). The molecule has 118 valence electrons. The molecule has 1 aliphatic heterocycles. The van der Waals surface area contributed by atoms with E-state index >= 15 is 0 Å². The van der Waals surface area contributed by atoms with E-state index in [4.69, 9.17) is 15.6 Å². The largest absolute Gasteiger partial charge is 0.476 e. The summed E-state index contributed by atoms with van der Waals surface area (Å²) in [5.41, 5.74) is 6.10. The Kier molecular flexibility index (Phi) is 5.27. The van der Waals surface area contributed by atoms with Crippen molar-refractivity contribution in [2.75, 3.05) is 26.2 Å². The fourth-order valence-electron chi connectivity index (χ4n) is 2.54. The molecule has 0 radical (unpaired) electrons. The van der Waals surface area contributed by atoms with E-state index in [1.54, 1.807) is 4.68 Å². The average molecular weight is 297 g/mol. The summed E-state index contributed by atoms with van der Waals surface area (Å²) >= 11 is 0. The van der Waals surface area contributed by atoms with Gasteiger partial charge in [-0.2, -0.15) is 0 Å². The van der Waals surface area contributed by atoms with Crippen LogP contribution in [0.4, 0.5) is 0 Å². The number of aromatic carboxylic acids is 1. The van der Waals surface area contributed by atoms with Crippen molar-refractivity contribution in [2.45, 2.75) is 39.0 Å². The molecule has 8 heteroatoms. The highest BCUT2D eigenvalue weighted by Gasteiger charge is 2.25. The number of carboxylic acid groups (broad SMARTS) is 1. The average Bonchev–Trinajstić information content (AvgIpc) is 2.83. The van der Waals surface area contributed by atoms with Gasteiger partial charge >= 0.3 is 5.97 Å². The molecular weight excluding hydrogens is 274 g/mol. The fraction of sp³-hybridized carbons (Fsp3) is 0.769. The Labute approximate surface area is 123 Å². The molecule has 1 aliphatic rings. The van der Waals surface area contributed by atoms with Crippen molar-refractivity contribution in [3.63, 3.8) is 0 Å². The molecule has 1 unspecified atom stereocenters. The molecule has 1 fully saturated rings. The number of morpholine rings is 1. The van der Waals surface area contributed by atoms with E-state index in [2.05, 4.69) is 29.1 Å². The predicted molar refractivity (Wildman–Crippen MR) is 76.2 cm³/mol. The standard InChI is InChI=1S/C13H23N5O3/c1-9(2)17-5-6-21-10(7-17)8-18-11(3-4-14)12(13(19)20)15-16-18/h9-10H,3-8,14H2,1-2H3,(H,19,20). The van der Waals surface area contributed by atoms with Crippen LogP contribution in [0.5, 0.6) is 0 Å². The van der Waals surface area contributed by atoms with Crippen LogP contribution in [0.1, 0.15) is 30.0 Å². The van der Waals surface area contributed by atoms with E-state index in [1.165, 1.54) is 0 Å². The molecule has 0 amide bonds. The number of carboxylic acids is 1. The summed E-state index contributed by atoms with van der Waals surface area (Å²) in [7, 11) is 0. The van der Waals surface area contributed by atoms with Gasteiger partial charge in [0.1, 0.15) is 0 Å². The second kappa shape index (κ2) is 6.97. The van der Waals surface area contributed by atoms with Crippen LogP contribution < -0.4 is 5.73 Å². The van der Waals surface area contributed by atoms with Crippen molar-refractivity contribution in [3.8, 4) is 0 Å². The maximum absolute atomic E-state index is 11.1. The normalized spacial score (nSPS) is 20.1. The van der Waals surface area contributed by atoms with Gasteiger partial charge in [0.05, 0.1) is 24.9 Å². The number of hydrogen-bond donors (Lipinski definition) is 2. The van der Waals surface area contributed by atoms with Crippen LogP contribution in [0, 0.1) is 0 Å². The molecule has 8 nitrogen and oxygen atoms in total. The first-order valence-corrected chi connectivity index (χ1v) is 7.24. The number of nitrogens with zero attached hydrogens (tertiary/aromatic N) is 4. The first kappa shape index (κ1) is 15.9. The van der Waals surface area contributed by atoms with Crippen molar-refractivity contribution in [1.82, 2.24) is 19.9 Å². The Morgan fingerprint density at radius 1 is 1.57 bits per heavy atom. The summed E-state index contributed by atoms with van der Waals surface area (Å²) in [6.07, 6.45) is 0.427. The highest BCUT2D eigenvalue weighted by molar-refractivity contribution is 5.86. The minimum Gasteiger partial charge on any atom is -0.476 e. The van der Waals surface area contributed by atoms with E-state index in [9.17, 15) is 4.79 Å². The summed E-state index contributed by atoms with van der Waals surface area (Å²) in [6.45, 7) is 7.57. The van der Waals surface area contributed by atoms with Gasteiger partial charge in [-0.15, -0.1) is 5.10 Å². The Morgan fingerprint density at radius 3 is 2.95 bits per heavy atom. The van der Waals surface area contributed by atoms with Crippen molar-refractivity contribution in [1.29, 1.82) is 0 Å². The summed E-state index contributed by atoms with van der Waals surface area (Å²) in [5.74, 6) is -1.07. The Balaban J connectivity index is 2.10. The first-order chi connectivity index (χ1) is 10.0. The highest BCUT2D eigenvalue weighted by Crippen LogP contribution is 2.13. The number of nitrogens with two attached hydrogens (primary N) is 1. The molecule has 0 aliphatic carbocycles. The second-order valence-electron chi connectivity index (χ2n) is 5.49. The van der Waals surface area contributed by atoms with Gasteiger partial charge in [-0.05, 0) is 20.4 Å². The van der Waals surface area contributed by atoms with Gasteiger partial charge in [0.2, 0.25) is 0 Å². The zero-order valence-electron chi connectivity index (χ0n) is 12.5. The van der Waals surface area contributed by atoms with E-state index in [0.29, 0.717) is 37.9 Å². The monoisotopic (exact) mass is 297 g/mol. The Morgan fingerprint density at radius 2 is 2.33 bits per heavy atom. The predicted octanol–water partition coefficient (Wildman–Crippen LogP) is -0.413. The van der Waals surface area contributed by atoms with Crippen LogP contribution in [-0.4, -0.2) is 69.4 Å². The number of ether oxygens (including phenoxy) is 1. The van der Waals surface area contributed by atoms with Gasteiger partial charge in [-0.3, -0.25) is 4.90 Å². The van der Waals surface area contributed by atoms with Crippen molar-refractivity contribution < 1.29 is 14.6 Å². The summed E-state index contributed by atoms with van der Waals surface area (Å²) in [4.78, 5) is 13.5. The number of hydrogen-bond acceptors (Lipinski definition) is 6. The lowest BCUT2D eigenvalue weighted by molar-refractivity contribution is -0.0474. The zero-order chi connectivity index (χ0) is 15.4. The topological polar surface area (TPSA) is 106 Å². The van der Waals surface area contributed by atoms with Crippen molar-refractivity contribution in [3.05, 3.63) is 11.4 Å². The third-order valence-corrected chi connectivity index (χ3v) is 3.70. The van der Waals surface area contributed by atoms with Crippen LogP contribution in [0.15, 0.2) is 0 Å². The molecule has 0 aromatic carbocycles. The van der Waals surface area contributed by atoms with Gasteiger partial charge in [0.15, 0.2) is 5.69 Å². The van der Waals surface area contributed by atoms with Crippen LogP contribution in [0.3, 0.4) is 0 Å². The van der Waals surface area contributed by atoms with Crippen LogP contribution >= 0.6 is 0 Å². The molecule has 0 bridgehead atoms. The molecule has 2 heterocycles. The molecule has 1 aromatic heterocycles. The molecule has 0 spiro atoms. The molecule has 1 saturated heterocycles. The Bertz CT molecular complexity index is 488. The summed E-state index contributed by atoms with van der Waals surface area (Å²) in [6, 6.07) is 0.463. The second-order valence-corrected chi connectivity index (χ2v) is 5.49. The summed E-state index contributed by atoms with van der Waals surface area (Å²) in [5, 5.41) is 16.8. The van der Waals surface area contributed by atoms with Gasteiger partial charge in [0.25, 0.3) is 0 Å². The third-order valence-electron chi connectivity index (χ3n) is 3.70. The van der Waals surface area contributed by atoms with E-state index in [1.807, 2.05) is 0 Å². The first-order valence-electron chi connectivity index (χ1n) is 7.24. The number of rotatable bonds is 6. The van der Waals surface area contributed by atoms with Crippen molar-refractivity contribution >= 4 is 5.97 Å². The molecule has 3 N–H and O–H groups in total. The number of aromatic nitrogens is 3. The lowest BCUT2D eigenvalue weighted by atomic mass is 10.2. The van der Waals surface area contributed by atoms with Crippen LogP contribution in [-0.2, 0) is 17.7 Å². The maximum Gasteiger partial charge on any atom is 0.358 e. The SMILES string of the molecule is CC(C)N1CCOC(Cn2nnc(C(=O)O)c2CCN)C1. The lowest BCUT2D eigenvalue weighted by Crippen LogP contribution is -2.47. The van der Waals surface area contributed by atoms with E-state index in [-0.39, 0.29) is 11.8 Å². The molecular formula is C13H23N5O3. The molecule has 21 heavy (non-hydrogen) atoms. The van der Waals surface area contributed by atoms with Crippen molar-refractivity contribution in [2.24, 2.45) is 5.73 Å². The minimum atomic E-state index is -1.07. The van der Waals surface area contributed by atoms with Gasteiger partial charge < -0.3 is 15.6 Å². The smallest absolute Gasteiger partial charge is 0.358 e. The maximum atomic E-state index is 11.1. The van der Waals surface area contributed by atoms with Gasteiger partial charge in [0, 0.05) is 25.6 Å². The fourth-order valence-corrected chi connectivity index (χ4v) is 2.54. The highest BCUT2D eigenvalue weighted by atomic mass is 16.5. The number of carbonyl (C=O) groups is 1. The van der Waals surface area contributed by atoms with E-state index in [0.717, 1.165) is 13.1 Å². The van der Waals surface area contributed by atoms with Crippen LogP contribution in [0.25, 0.3) is 0 Å². The van der Waals surface area contributed by atoms with Gasteiger partial charge in [-0.1, -0.05) is 5.21 Å².